The van der Waals surface area contributed by atoms with Crippen molar-refractivity contribution in [2.24, 2.45) is 0 Å². The van der Waals surface area contributed by atoms with Crippen LogP contribution in [0.15, 0.2) is 125 Å². The Balaban J connectivity index is 1.49. The summed E-state index contributed by atoms with van der Waals surface area (Å²) in [5.74, 6) is 1.89. The number of carbonyl (C=O) groups excluding carboxylic acids is 1. The highest BCUT2D eigenvalue weighted by Gasteiger charge is 2.53. The summed E-state index contributed by atoms with van der Waals surface area (Å²) < 4.78 is 48.6. The van der Waals surface area contributed by atoms with Crippen LogP contribution in [0.25, 0.3) is 0 Å². The second kappa shape index (κ2) is 24.6. The molecule has 1 aliphatic rings. The lowest BCUT2D eigenvalue weighted by Gasteiger charge is -2.39. The fraction of sp³-hybridized carbons (Fsp3) is 0.412. The maximum absolute atomic E-state index is 14.4. The van der Waals surface area contributed by atoms with Crippen molar-refractivity contribution in [3.8, 4) is 17.6 Å². The zero-order valence-electron chi connectivity index (χ0n) is 40.5. The van der Waals surface area contributed by atoms with Crippen LogP contribution in [0.5, 0.6) is 11.5 Å². The van der Waals surface area contributed by atoms with Crippen molar-refractivity contribution in [3.63, 3.8) is 0 Å². The molecule has 5 aromatic rings. The smallest absolute Gasteiger partial charge is 0.412 e. The van der Waals surface area contributed by atoms with Gasteiger partial charge in [0.05, 0.1) is 39.9 Å². The number of benzene rings is 4. The summed E-state index contributed by atoms with van der Waals surface area (Å²) in [6.07, 6.45) is -4.40. The molecule has 5 atom stereocenters. The molecule has 2 heterocycles. The minimum Gasteiger partial charge on any atom is -0.497 e. The van der Waals surface area contributed by atoms with E-state index in [9.17, 15) is 19.6 Å². The molecule has 6 rings (SSSR count). The minimum absolute atomic E-state index is 0.0149. The lowest BCUT2D eigenvalue weighted by atomic mass is 9.80. The molecule has 1 aromatic heterocycles. The average molecular weight is 1000 g/mol. The Morgan fingerprint density at radius 2 is 1.45 bits per heavy atom. The summed E-state index contributed by atoms with van der Waals surface area (Å²) in [6.45, 7) is 14.3. The van der Waals surface area contributed by atoms with E-state index in [2.05, 4.69) is 37.1 Å². The first kappa shape index (κ1) is 53.2. The van der Waals surface area contributed by atoms with Crippen LogP contribution >= 0.6 is 30.1 Å². The number of nitrogens with zero attached hydrogens (tertiary/aromatic N) is 3. The Morgan fingerprint density at radius 3 is 2.01 bits per heavy atom. The van der Waals surface area contributed by atoms with E-state index in [1.54, 1.807) is 41.9 Å². The molecule has 0 bridgehead atoms. The average Bonchev–Trinajstić information content (AvgIpc) is 3.64. The van der Waals surface area contributed by atoms with Crippen LogP contribution in [0, 0.1) is 11.3 Å². The molecule has 1 saturated heterocycles. The molecule has 1 fully saturated rings. The van der Waals surface area contributed by atoms with Gasteiger partial charge in [-0.25, -0.2) is 14.3 Å². The van der Waals surface area contributed by atoms with E-state index in [0.717, 1.165) is 22.3 Å². The number of para-hydroxylation sites is 1. The third kappa shape index (κ3) is 13.6. The van der Waals surface area contributed by atoms with Gasteiger partial charge in [0.2, 0.25) is 0 Å². The summed E-state index contributed by atoms with van der Waals surface area (Å²) in [7, 11) is 4.61. The number of hydrogen-bond donors (Lipinski definition) is 2. The van der Waals surface area contributed by atoms with Gasteiger partial charge in [-0.1, -0.05) is 115 Å². The topological polar surface area (TPSA) is 176 Å². The Kier molecular flexibility index (Phi) is 19.0. The van der Waals surface area contributed by atoms with Crippen molar-refractivity contribution in [2.45, 2.75) is 108 Å². The van der Waals surface area contributed by atoms with Gasteiger partial charge in [0.25, 0.3) is 14.1 Å². The summed E-state index contributed by atoms with van der Waals surface area (Å²) >= 11 is 0. The van der Waals surface area contributed by atoms with Crippen LogP contribution in [-0.2, 0) is 34.6 Å². The molecule has 69 heavy (non-hydrogen) atoms. The first-order valence-corrected chi connectivity index (χ1v) is 26.1. The van der Waals surface area contributed by atoms with E-state index in [0.29, 0.717) is 22.9 Å². The van der Waals surface area contributed by atoms with Crippen LogP contribution in [0.1, 0.15) is 83.4 Å². The number of amides is 1. The van der Waals surface area contributed by atoms with Gasteiger partial charge < -0.3 is 32.7 Å². The molecular weight excluding hydrogens is 938 g/mol. The van der Waals surface area contributed by atoms with E-state index in [-0.39, 0.29) is 36.5 Å². The van der Waals surface area contributed by atoms with Gasteiger partial charge in [-0.15, -0.1) is 0 Å². The number of hydrogen-bond acceptors (Lipinski definition) is 14. The lowest BCUT2D eigenvalue weighted by molar-refractivity contribution is -0.0947. The SMILES string of the molecule is COc1ccc(C(OC[C@H]2O[C@@H](n3ccc(=O)[nH]c3=O)[C@H](OC(=O)Nc3ccccc3CSSC(C)(C)C)[C@@H]2OP(OCCC#N)N(C(C)C)C(C)C)(c2ccccc2)c2ccc(OC)cc2)cc1. The number of H-pyrrole nitrogens is 1. The summed E-state index contributed by atoms with van der Waals surface area (Å²) in [4.78, 5) is 43.0. The molecule has 368 valence electrons. The van der Waals surface area contributed by atoms with E-state index >= 15 is 0 Å². The second-order valence-electron chi connectivity index (χ2n) is 17.6. The van der Waals surface area contributed by atoms with Crippen molar-refractivity contribution < 1.29 is 37.5 Å². The van der Waals surface area contributed by atoms with E-state index in [4.69, 9.17) is 32.7 Å². The Labute approximate surface area is 413 Å². The highest BCUT2D eigenvalue weighted by Crippen LogP contribution is 2.51. The summed E-state index contributed by atoms with van der Waals surface area (Å²) in [5, 5.41) is 12.5. The third-order valence-electron chi connectivity index (χ3n) is 10.9. The first-order chi connectivity index (χ1) is 33.1. The maximum Gasteiger partial charge on any atom is 0.412 e. The van der Waals surface area contributed by atoms with Crippen LogP contribution in [-0.4, -0.2) is 82.9 Å². The van der Waals surface area contributed by atoms with Crippen molar-refractivity contribution >= 4 is 41.9 Å². The summed E-state index contributed by atoms with van der Waals surface area (Å²) in [6, 6.07) is 35.5. The number of aromatic nitrogens is 2. The van der Waals surface area contributed by atoms with Gasteiger partial charge >= 0.3 is 11.8 Å². The molecule has 1 amide bonds. The quantitative estimate of drug-likeness (QED) is 0.0290. The number of aromatic amines is 1. The molecule has 2 N–H and O–H groups in total. The molecular formula is C51H62N5O10PS2. The van der Waals surface area contributed by atoms with Gasteiger partial charge in [0.1, 0.15) is 29.3 Å². The second-order valence-corrected chi connectivity index (χ2v) is 22.2. The molecule has 0 spiro atoms. The van der Waals surface area contributed by atoms with Gasteiger partial charge in [-0.2, -0.15) is 5.26 Å². The zero-order valence-corrected chi connectivity index (χ0v) is 43.0. The largest absolute Gasteiger partial charge is 0.497 e. The first-order valence-electron chi connectivity index (χ1n) is 22.6. The van der Waals surface area contributed by atoms with Crippen LogP contribution in [0.2, 0.25) is 0 Å². The molecule has 0 aliphatic carbocycles. The number of ether oxygens (including phenoxy) is 5. The Morgan fingerprint density at radius 1 is 0.855 bits per heavy atom. The van der Waals surface area contributed by atoms with E-state index < -0.39 is 56.0 Å². The van der Waals surface area contributed by atoms with Gasteiger partial charge in [0.15, 0.2) is 12.3 Å². The highest BCUT2D eigenvalue weighted by molar-refractivity contribution is 8.76. The van der Waals surface area contributed by atoms with Crippen molar-refractivity contribution in [2.75, 3.05) is 32.8 Å². The molecule has 15 nitrogen and oxygen atoms in total. The standard InChI is InChI=1S/C51H62N5O10PS2/c1-34(2)56(35(3)4)67(63-31-15-29-52)66-45-43(32-62-51(37-17-11-10-12-18-37,38-20-24-40(60-8)25-21-38)39-22-26-41(61-9)27-23-39)64-47(55-30-28-44(57)54-48(55)58)46(45)65-49(59)53-42-19-14-13-16-36(42)33-68-69-50(5,6)7/h10-14,16-28,30,34-35,43,45-47H,15,31-33H2,1-9H3,(H,53,59)(H,54,57,58)/t43-,45-,46-,47-,67?/m1/s1. The van der Waals surface area contributed by atoms with E-state index in [1.807, 2.05) is 129 Å². The van der Waals surface area contributed by atoms with Crippen LogP contribution in [0.4, 0.5) is 10.5 Å². The van der Waals surface area contributed by atoms with Crippen molar-refractivity contribution in [1.29, 1.82) is 5.26 Å². The number of nitrogens with one attached hydrogen (secondary N) is 2. The molecule has 1 unspecified atom stereocenters. The third-order valence-corrected chi connectivity index (χ3v) is 16.3. The zero-order chi connectivity index (χ0) is 49.7. The van der Waals surface area contributed by atoms with Crippen molar-refractivity contribution in [1.82, 2.24) is 14.2 Å². The number of rotatable bonds is 22. The van der Waals surface area contributed by atoms with E-state index in [1.165, 1.54) is 16.8 Å². The fourth-order valence-electron chi connectivity index (χ4n) is 7.93. The number of methoxy groups -OCH3 is 2. The maximum atomic E-state index is 14.4. The molecule has 0 saturated carbocycles. The normalized spacial score (nSPS) is 17.7. The highest BCUT2D eigenvalue weighted by atomic mass is 33.1. The lowest BCUT2D eigenvalue weighted by Crippen LogP contribution is -2.44. The monoisotopic (exact) mass is 999 g/mol. The molecule has 4 aromatic carbocycles. The summed E-state index contributed by atoms with van der Waals surface area (Å²) in [5.41, 5.74) is 0.968. The molecule has 18 heteroatoms. The van der Waals surface area contributed by atoms with Gasteiger partial charge in [0, 0.05) is 40.5 Å². The predicted octanol–water partition coefficient (Wildman–Crippen LogP) is 10.4. The minimum atomic E-state index is -2.00. The van der Waals surface area contributed by atoms with Crippen LogP contribution < -0.4 is 26.0 Å². The Bertz CT molecular complexity index is 2530. The number of anilines is 1. The van der Waals surface area contributed by atoms with Crippen molar-refractivity contribution in [3.05, 3.63) is 158 Å². The predicted molar refractivity (Wildman–Crippen MR) is 273 cm³/mol. The molecule has 1 aliphatic heterocycles. The fourth-order valence-corrected chi connectivity index (χ4v) is 12.1. The molecule has 0 radical (unpaired) electrons. The number of nitriles is 1. The number of carbonyl (C=O) groups is 1. The van der Waals surface area contributed by atoms with Gasteiger partial charge in [-0.3, -0.25) is 19.7 Å². The Hall–Kier alpha value is -5.15. The van der Waals surface area contributed by atoms with Gasteiger partial charge in [-0.05, 0) is 80.3 Å². The van der Waals surface area contributed by atoms with Crippen LogP contribution in [0.3, 0.4) is 0 Å².